The van der Waals surface area contributed by atoms with Crippen molar-refractivity contribution in [1.82, 2.24) is 4.90 Å². The van der Waals surface area contributed by atoms with Crippen molar-refractivity contribution in [1.29, 1.82) is 0 Å². The number of allylic oxidation sites excluding steroid dienone is 1. The quantitative estimate of drug-likeness (QED) is 0.398. The Morgan fingerprint density at radius 2 is 1.77 bits per heavy atom. The van der Waals surface area contributed by atoms with Crippen molar-refractivity contribution >= 4 is 39.1 Å². The average Bonchev–Trinajstić information content (AvgIpc) is 3.30. The van der Waals surface area contributed by atoms with Crippen molar-refractivity contribution in [2.24, 2.45) is 11.7 Å². The number of carbonyl (C=O) groups is 2. The van der Waals surface area contributed by atoms with Gasteiger partial charge in [0.1, 0.15) is 11.3 Å². The summed E-state index contributed by atoms with van der Waals surface area (Å²) in [5.74, 6) is 0.128. The summed E-state index contributed by atoms with van der Waals surface area (Å²) in [5, 5.41) is 3.27. The summed E-state index contributed by atoms with van der Waals surface area (Å²) in [7, 11) is 1.61. The number of fused-ring (bicyclic) bond motifs is 2. The van der Waals surface area contributed by atoms with E-state index in [1.165, 1.54) is 0 Å². The minimum absolute atomic E-state index is 0.0750. The number of hydrogen-bond acceptors (Lipinski definition) is 4. The van der Waals surface area contributed by atoms with Crippen LogP contribution in [0.25, 0.3) is 38.4 Å². The van der Waals surface area contributed by atoms with Gasteiger partial charge in [-0.15, -0.1) is 0 Å². The van der Waals surface area contributed by atoms with E-state index >= 15 is 0 Å². The van der Waals surface area contributed by atoms with Crippen molar-refractivity contribution in [2.45, 2.75) is 19.8 Å². The molecule has 0 radical (unpaired) electrons. The molecule has 6 nitrogen and oxygen atoms in total. The zero-order chi connectivity index (χ0) is 24.5. The Labute approximate surface area is 204 Å². The summed E-state index contributed by atoms with van der Waals surface area (Å²) in [6.45, 7) is 2.97. The van der Waals surface area contributed by atoms with Crippen LogP contribution in [-0.4, -0.2) is 36.9 Å². The molecule has 3 aromatic carbocycles. The molecule has 35 heavy (non-hydrogen) atoms. The average molecular weight is 469 g/mol. The maximum atomic E-state index is 13.0. The number of hydrogen-bond donors (Lipinski definition) is 1. The number of nitrogens with zero attached hydrogens (tertiary/aromatic N) is 1. The molecular formula is C29H28N2O4. The highest BCUT2D eigenvalue weighted by molar-refractivity contribution is 6.06. The largest absolute Gasteiger partial charge is 0.496 e. The highest BCUT2D eigenvalue weighted by Gasteiger charge is 2.25. The topological polar surface area (TPSA) is 85.8 Å². The molecule has 0 atom stereocenters. The van der Waals surface area contributed by atoms with E-state index in [-0.39, 0.29) is 17.7 Å². The standard InChI is InChI=1S/C29H28N2O4/c1-18(14-28(32)31-12-10-20(11-13-31)29(30)33)23-15-24-25(17-35-27(24)16-26(23)34-2)22-9-5-7-19-6-3-4-8-21(19)22/h3-9,14-17,20H,10-13H2,1-2H3,(H2,30,33)/b18-14+. The maximum Gasteiger partial charge on any atom is 0.246 e. The van der Waals surface area contributed by atoms with Crippen LogP contribution in [0, 0.1) is 5.92 Å². The Morgan fingerprint density at radius 3 is 2.51 bits per heavy atom. The van der Waals surface area contributed by atoms with E-state index in [4.69, 9.17) is 14.9 Å². The number of benzene rings is 3. The summed E-state index contributed by atoms with van der Waals surface area (Å²) in [5.41, 5.74) is 9.87. The number of nitrogens with two attached hydrogens (primary N) is 1. The van der Waals surface area contributed by atoms with E-state index in [9.17, 15) is 9.59 Å². The van der Waals surface area contributed by atoms with Crippen LogP contribution in [0.3, 0.4) is 0 Å². The van der Waals surface area contributed by atoms with Gasteiger partial charge in [-0.05, 0) is 47.7 Å². The normalized spacial score (nSPS) is 15.0. The van der Waals surface area contributed by atoms with Gasteiger partial charge < -0.3 is 19.8 Å². The molecule has 1 fully saturated rings. The number of likely N-dealkylation sites (tertiary alicyclic amines) is 1. The predicted octanol–water partition coefficient (Wildman–Crippen LogP) is 5.39. The molecule has 2 amide bonds. The number of rotatable bonds is 5. The molecule has 178 valence electrons. The first-order chi connectivity index (χ1) is 17.0. The number of furan rings is 1. The minimum Gasteiger partial charge on any atom is -0.496 e. The number of carbonyl (C=O) groups excluding carboxylic acids is 2. The molecule has 1 aromatic heterocycles. The van der Waals surface area contributed by atoms with Gasteiger partial charge in [-0.3, -0.25) is 9.59 Å². The first-order valence-corrected chi connectivity index (χ1v) is 11.8. The molecule has 2 heterocycles. The Morgan fingerprint density at radius 1 is 1.03 bits per heavy atom. The highest BCUT2D eigenvalue weighted by Crippen LogP contribution is 2.39. The van der Waals surface area contributed by atoms with E-state index in [1.54, 1.807) is 24.3 Å². The van der Waals surface area contributed by atoms with E-state index in [0.29, 0.717) is 31.7 Å². The smallest absolute Gasteiger partial charge is 0.246 e. The second kappa shape index (κ2) is 9.29. The lowest BCUT2D eigenvalue weighted by molar-refractivity contribution is -0.130. The zero-order valence-corrected chi connectivity index (χ0v) is 19.9. The number of methoxy groups -OCH3 is 1. The molecule has 1 aliphatic rings. The van der Waals surface area contributed by atoms with E-state index in [1.807, 2.05) is 37.3 Å². The van der Waals surface area contributed by atoms with Gasteiger partial charge >= 0.3 is 0 Å². The van der Waals surface area contributed by atoms with Gasteiger partial charge in [-0.25, -0.2) is 0 Å². The first-order valence-electron chi connectivity index (χ1n) is 11.8. The summed E-state index contributed by atoms with van der Waals surface area (Å²) in [6, 6.07) is 18.4. The Hall–Kier alpha value is -4.06. The fourth-order valence-electron chi connectivity index (χ4n) is 4.94. The molecule has 1 saturated heterocycles. The third-order valence-corrected chi connectivity index (χ3v) is 6.95. The summed E-state index contributed by atoms with van der Waals surface area (Å²) < 4.78 is 11.6. The SMILES string of the molecule is COc1cc2occ(-c3cccc4ccccc34)c2cc1/C(C)=C/C(=O)N1CCC(C(N)=O)CC1. The second-order valence-corrected chi connectivity index (χ2v) is 9.05. The lowest BCUT2D eigenvalue weighted by atomic mass is 9.95. The molecular weight excluding hydrogens is 440 g/mol. The van der Waals surface area contributed by atoms with Crippen molar-refractivity contribution < 1.29 is 18.7 Å². The molecule has 0 unspecified atom stereocenters. The van der Waals surface area contributed by atoms with E-state index < -0.39 is 0 Å². The molecule has 2 N–H and O–H groups in total. The third-order valence-electron chi connectivity index (χ3n) is 6.95. The fourth-order valence-corrected chi connectivity index (χ4v) is 4.94. The first kappa shape index (κ1) is 22.7. The molecule has 6 heteroatoms. The summed E-state index contributed by atoms with van der Waals surface area (Å²) in [6.07, 6.45) is 4.63. The Bertz CT molecular complexity index is 1450. The van der Waals surface area contributed by atoms with Crippen molar-refractivity contribution in [3.05, 3.63) is 72.5 Å². The van der Waals surface area contributed by atoms with Crippen LogP contribution >= 0.6 is 0 Å². The van der Waals surface area contributed by atoms with Crippen molar-refractivity contribution in [3.63, 3.8) is 0 Å². The van der Waals surface area contributed by atoms with Gasteiger partial charge in [0.2, 0.25) is 11.8 Å². The maximum absolute atomic E-state index is 13.0. The Kier molecular flexibility index (Phi) is 6.03. The Balaban J connectivity index is 1.51. The van der Waals surface area contributed by atoms with Crippen molar-refractivity contribution in [2.75, 3.05) is 20.2 Å². The summed E-state index contributed by atoms with van der Waals surface area (Å²) >= 11 is 0. The number of piperidine rings is 1. The van der Waals surface area contributed by atoms with Crippen LogP contribution in [0.1, 0.15) is 25.3 Å². The van der Waals surface area contributed by atoms with Gasteiger partial charge in [0.25, 0.3) is 0 Å². The fraction of sp³-hybridized carbons (Fsp3) is 0.241. The minimum atomic E-state index is -0.288. The third kappa shape index (κ3) is 4.28. The number of ether oxygens (including phenoxy) is 1. The molecule has 4 aromatic rings. The molecule has 0 aliphatic carbocycles. The van der Waals surface area contributed by atoms with Crippen LogP contribution in [0.15, 0.2) is 71.4 Å². The van der Waals surface area contributed by atoms with Gasteiger partial charge in [0, 0.05) is 47.7 Å². The second-order valence-electron chi connectivity index (χ2n) is 9.05. The van der Waals surface area contributed by atoms with Gasteiger partial charge in [-0.2, -0.15) is 0 Å². The van der Waals surface area contributed by atoms with Gasteiger partial charge in [-0.1, -0.05) is 42.5 Å². The number of primary amides is 1. The van der Waals surface area contributed by atoms with Crippen molar-refractivity contribution in [3.8, 4) is 16.9 Å². The van der Waals surface area contributed by atoms with Crippen LogP contribution < -0.4 is 10.5 Å². The predicted molar refractivity (Wildman–Crippen MR) is 138 cm³/mol. The molecule has 0 saturated carbocycles. The lowest BCUT2D eigenvalue weighted by Gasteiger charge is -2.30. The monoisotopic (exact) mass is 468 g/mol. The van der Waals surface area contributed by atoms with Crippen LogP contribution in [0.5, 0.6) is 5.75 Å². The van der Waals surface area contributed by atoms with Crippen LogP contribution in [-0.2, 0) is 9.59 Å². The van der Waals surface area contributed by atoms with Gasteiger partial charge in [0.15, 0.2) is 0 Å². The molecule has 0 spiro atoms. The summed E-state index contributed by atoms with van der Waals surface area (Å²) in [4.78, 5) is 26.2. The zero-order valence-electron chi connectivity index (χ0n) is 19.9. The lowest BCUT2D eigenvalue weighted by Crippen LogP contribution is -2.41. The molecule has 1 aliphatic heterocycles. The van der Waals surface area contributed by atoms with Crippen LogP contribution in [0.4, 0.5) is 0 Å². The molecule has 5 rings (SSSR count). The van der Waals surface area contributed by atoms with E-state index in [0.717, 1.165) is 44.0 Å². The van der Waals surface area contributed by atoms with Gasteiger partial charge in [0.05, 0.1) is 13.4 Å². The van der Waals surface area contributed by atoms with Crippen LogP contribution in [0.2, 0.25) is 0 Å². The van der Waals surface area contributed by atoms with E-state index in [2.05, 4.69) is 24.3 Å². The highest BCUT2D eigenvalue weighted by atomic mass is 16.5. The number of amides is 2. The molecule has 0 bridgehead atoms.